The zero-order chi connectivity index (χ0) is 20.6. The number of amides is 1. The van der Waals surface area contributed by atoms with E-state index in [1.165, 1.54) is 11.0 Å². The number of aromatic nitrogens is 5. The fraction of sp³-hybridized carbons (Fsp3) is 0.389. The van der Waals surface area contributed by atoms with Gasteiger partial charge in [0.15, 0.2) is 5.13 Å². The molecule has 2 heterocycles. The summed E-state index contributed by atoms with van der Waals surface area (Å²) in [6, 6.07) is 7.03. The lowest BCUT2D eigenvalue weighted by atomic mass is 9.83. The maximum atomic E-state index is 13.9. The number of nitrogens with zero attached hydrogens (tertiary/aromatic N) is 5. The van der Waals surface area contributed by atoms with Crippen LogP contribution >= 0.6 is 22.9 Å². The first-order valence-electron chi connectivity index (χ1n) is 8.95. The number of thiazole rings is 1. The molecule has 0 spiro atoms. The van der Waals surface area contributed by atoms with Crippen LogP contribution in [-0.4, -0.2) is 37.0 Å². The summed E-state index contributed by atoms with van der Waals surface area (Å²) in [6.07, 6.45) is 1.17. The number of halogens is 3. The molecule has 2 atom stereocenters. The molecular formula is C18H17ClF2N6OS. The first-order valence-corrected chi connectivity index (χ1v) is 10.1. The van der Waals surface area contributed by atoms with Crippen LogP contribution in [0.5, 0.6) is 0 Å². The van der Waals surface area contributed by atoms with Crippen molar-refractivity contribution < 1.29 is 13.6 Å². The van der Waals surface area contributed by atoms with Crippen LogP contribution in [0.1, 0.15) is 30.7 Å². The van der Waals surface area contributed by atoms with Crippen molar-refractivity contribution in [3.05, 3.63) is 40.4 Å². The van der Waals surface area contributed by atoms with Gasteiger partial charge in [0.25, 0.3) is 0 Å². The second kappa shape index (κ2) is 7.75. The van der Waals surface area contributed by atoms with E-state index < -0.39 is 17.8 Å². The Bertz CT molecular complexity index is 1020. The van der Waals surface area contributed by atoms with Crippen LogP contribution in [-0.2, 0) is 11.8 Å². The summed E-state index contributed by atoms with van der Waals surface area (Å²) in [7, 11) is 1.66. The summed E-state index contributed by atoms with van der Waals surface area (Å²) < 4.78 is 28.2. The number of nitrogens with one attached hydrogen (secondary N) is 1. The summed E-state index contributed by atoms with van der Waals surface area (Å²) in [5.41, 5.74) is 1.38. The summed E-state index contributed by atoms with van der Waals surface area (Å²) in [5, 5.41) is 15.0. The Morgan fingerprint density at radius 2 is 2.14 bits per heavy atom. The highest BCUT2D eigenvalue weighted by atomic mass is 35.5. The Kier molecular flexibility index (Phi) is 5.30. The minimum atomic E-state index is -2.75. The van der Waals surface area contributed by atoms with Gasteiger partial charge in [0.2, 0.25) is 17.7 Å². The molecule has 1 aliphatic carbocycles. The minimum absolute atomic E-state index is 0.216. The largest absolute Gasteiger partial charge is 0.301 e. The van der Waals surface area contributed by atoms with Crippen LogP contribution in [0, 0.1) is 5.92 Å². The molecule has 4 rings (SSSR count). The molecule has 1 amide bonds. The Hall–Kier alpha value is -2.46. The van der Waals surface area contributed by atoms with Crippen LogP contribution in [0.2, 0.25) is 4.34 Å². The van der Waals surface area contributed by atoms with Crippen LogP contribution in [0.3, 0.4) is 0 Å². The number of hydrogen-bond acceptors (Lipinski definition) is 6. The minimum Gasteiger partial charge on any atom is -0.301 e. The molecule has 3 aromatic rings. The van der Waals surface area contributed by atoms with Crippen molar-refractivity contribution in [2.24, 2.45) is 13.0 Å². The molecular weight excluding hydrogens is 422 g/mol. The number of rotatable bonds is 5. The molecule has 11 heteroatoms. The van der Waals surface area contributed by atoms with Gasteiger partial charge in [0.05, 0.1) is 19.2 Å². The highest BCUT2D eigenvalue weighted by molar-refractivity contribution is 7.19. The van der Waals surface area contributed by atoms with Crippen LogP contribution in [0.4, 0.5) is 13.9 Å². The number of carbonyl (C=O) groups excluding carboxylic acids is 1. The predicted octanol–water partition coefficient (Wildman–Crippen LogP) is 4.14. The van der Waals surface area contributed by atoms with Crippen molar-refractivity contribution in [1.82, 2.24) is 25.2 Å². The topological polar surface area (TPSA) is 85.6 Å². The molecule has 29 heavy (non-hydrogen) atoms. The van der Waals surface area contributed by atoms with E-state index in [1.54, 1.807) is 31.3 Å². The van der Waals surface area contributed by atoms with Gasteiger partial charge in [-0.1, -0.05) is 47.2 Å². The van der Waals surface area contributed by atoms with Crippen molar-refractivity contribution in [1.29, 1.82) is 0 Å². The van der Waals surface area contributed by atoms with Crippen LogP contribution in [0.25, 0.3) is 11.4 Å². The summed E-state index contributed by atoms with van der Waals surface area (Å²) in [5.74, 6) is -3.87. The lowest BCUT2D eigenvalue weighted by molar-refractivity contribution is -0.118. The quantitative estimate of drug-likeness (QED) is 0.646. The average Bonchev–Trinajstić information content (AvgIpc) is 3.37. The van der Waals surface area contributed by atoms with Gasteiger partial charge >= 0.3 is 0 Å². The smallest absolute Gasteiger partial charge is 0.248 e. The van der Waals surface area contributed by atoms with Gasteiger partial charge in [-0.25, -0.2) is 13.8 Å². The van der Waals surface area contributed by atoms with Crippen molar-refractivity contribution >= 4 is 34.0 Å². The van der Waals surface area contributed by atoms with E-state index in [0.29, 0.717) is 20.9 Å². The van der Waals surface area contributed by atoms with E-state index >= 15 is 0 Å². The number of hydrogen-bond donors (Lipinski definition) is 1. The van der Waals surface area contributed by atoms with E-state index in [2.05, 4.69) is 25.7 Å². The molecule has 0 saturated heterocycles. The third kappa shape index (κ3) is 4.43. The lowest BCUT2D eigenvalue weighted by Gasteiger charge is -2.23. The van der Waals surface area contributed by atoms with Crippen molar-refractivity contribution in [3.63, 3.8) is 0 Å². The van der Waals surface area contributed by atoms with E-state index in [-0.39, 0.29) is 25.2 Å². The van der Waals surface area contributed by atoms with E-state index in [0.717, 1.165) is 16.9 Å². The Morgan fingerprint density at radius 1 is 1.38 bits per heavy atom. The lowest BCUT2D eigenvalue weighted by Crippen LogP contribution is -2.27. The fourth-order valence-electron chi connectivity index (χ4n) is 3.64. The van der Waals surface area contributed by atoms with Gasteiger partial charge in [-0.3, -0.25) is 4.79 Å². The number of carbonyl (C=O) groups is 1. The van der Waals surface area contributed by atoms with Gasteiger partial charge in [-0.15, -0.1) is 10.2 Å². The van der Waals surface area contributed by atoms with E-state index in [1.807, 2.05) is 0 Å². The Labute approximate surface area is 174 Å². The monoisotopic (exact) mass is 438 g/mol. The van der Waals surface area contributed by atoms with Gasteiger partial charge in [-0.05, 0) is 23.1 Å². The molecule has 7 nitrogen and oxygen atoms in total. The van der Waals surface area contributed by atoms with Crippen molar-refractivity contribution in [3.8, 4) is 11.4 Å². The molecule has 0 radical (unpaired) electrons. The van der Waals surface area contributed by atoms with Crippen molar-refractivity contribution in [2.75, 3.05) is 5.32 Å². The van der Waals surface area contributed by atoms with Gasteiger partial charge in [0.1, 0.15) is 4.34 Å². The SMILES string of the molecule is Cn1nnc(-c2ccc([C@H](C(=O)Nc3ncc(Cl)s3)[C@@H]3CCC(F)(F)C3)cc2)n1. The Balaban J connectivity index is 1.61. The summed E-state index contributed by atoms with van der Waals surface area (Å²) >= 11 is 6.99. The molecule has 1 N–H and O–H groups in total. The average molecular weight is 439 g/mol. The number of anilines is 1. The third-order valence-electron chi connectivity index (χ3n) is 4.94. The highest BCUT2D eigenvalue weighted by Crippen LogP contribution is 2.46. The molecule has 0 aliphatic heterocycles. The fourth-order valence-corrected chi connectivity index (χ4v) is 4.46. The van der Waals surface area contributed by atoms with Gasteiger partial charge < -0.3 is 5.32 Å². The first-order chi connectivity index (χ1) is 13.8. The van der Waals surface area contributed by atoms with Crippen LogP contribution in [0.15, 0.2) is 30.5 Å². The molecule has 1 fully saturated rings. The highest BCUT2D eigenvalue weighted by Gasteiger charge is 2.45. The second-order valence-corrected chi connectivity index (χ2v) is 8.68. The molecule has 1 aromatic carbocycles. The first kappa shape index (κ1) is 19.8. The Morgan fingerprint density at radius 3 is 2.69 bits per heavy atom. The molecule has 2 aromatic heterocycles. The van der Waals surface area contributed by atoms with Gasteiger partial charge in [0, 0.05) is 18.4 Å². The number of benzene rings is 1. The van der Waals surface area contributed by atoms with Gasteiger partial charge in [-0.2, -0.15) is 4.80 Å². The zero-order valence-corrected chi connectivity index (χ0v) is 16.9. The molecule has 1 saturated carbocycles. The number of tetrazole rings is 1. The third-order valence-corrected chi connectivity index (χ3v) is 5.97. The molecule has 1 aliphatic rings. The second-order valence-electron chi connectivity index (χ2n) is 7.02. The van der Waals surface area contributed by atoms with E-state index in [4.69, 9.17) is 11.6 Å². The maximum Gasteiger partial charge on any atom is 0.248 e. The predicted molar refractivity (Wildman–Crippen MR) is 105 cm³/mol. The van der Waals surface area contributed by atoms with Crippen LogP contribution < -0.4 is 5.32 Å². The maximum absolute atomic E-state index is 13.9. The zero-order valence-electron chi connectivity index (χ0n) is 15.3. The van der Waals surface area contributed by atoms with Crippen molar-refractivity contribution in [2.45, 2.75) is 31.1 Å². The normalized spacial score (nSPS) is 19.2. The summed E-state index contributed by atoms with van der Waals surface area (Å²) in [6.45, 7) is 0. The van der Waals surface area contributed by atoms with E-state index in [9.17, 15) is 13.6 Å². The summed E-state index contributed by atoms with van der Waals surface area (Å²) in [4.78, 5) is 18.4. The standard InChI is InChI=1S/C18H17ClF2N6OS/c1-27-25-15(24-26-27)11-4-2-10(3-5-11)14(12-6-7-18(20,21)8-12)16(28)23-17-22-9-13(19)29-17/h2-5,9,12,14H,6-8H2,1H3,(H,22,23,28)/t12-,14+/m1/s1. The molecule has 0 unspecified atom stereocenters. The number of aryl methyl sites for hydroxylation is 1. The number of alkyl halides is 2. The molecule has 0 bridgehead atoms. The molecule has 152 valence electrons.